The van der Waals surface area contributed by atoms with Gasteiger partial charge in [-0.15, -0.1) is 10.2 Å². The van der Waals surface area contributed by atoms with Crippen LogP contribution in [0.5, 0.6) is 0 Å². The molecule has 0 aliphatic rings. The normalized spacial score (nSPS) is 11.4. The van der Waals surface area contributed by atoms with Crippen molar-refractivity contribution < 1.29 is 0 Å². The van der Waals surface area contributed by atoms with Gasteiger partial charge in [0.25, 0.3) is 0 Å². The number of aromatic nitrogens is 6. The number of rotatable bonds is 8. The van der Waals surface area contributed by atoms with Gasteiger partial charge in [-0.25, -0.2) is 4.98 Å². The summed E-state index contributed by atoms with van der Waals surface area (Å²) in [5.74, 6) is 0.566. The van der Waals surface area contributed by atoms with Crippen LogP contribution in [0.2, 0.25) is 0 Å². The Kier molecular flexibility index (Phi) is 5.32. The van der Waals surface area contributed by atoms with E-state index in [-0.39, 0.29) is 0 Å². The molecular formula is C21H24N6. The van der Waals surface area contributed by atoms with Crippen LogP contribution in [0, 0.1) is 0 Å². The zero-order chi connectivity index (χ0) is 18.5. The molecule has 27 heavy (non-hydrogen) atoms. The molecule has 3 aromatic heterocycles. The molecule has 0 saturated heterocycles. The topological polar surface area (TPSA) is 69.4 Å². The third-order valence-corrected chi connectivity index (χ3v) is 4.83. The smallest absolute Gasteiger partial charge is 0.223 e. The summed E-state index contributed by atoms with van der Waals surface area (Å²) in [6, 6.07) is 12.1. The Bertz CT molecular complexity index is 1040. The second-order valence-corrected chi connectivity index (χ2v) is 6.89. The van der Waals surface area contributed by atoms with E-state index in [1.807, 2.05) is 24.3 Å². The average Bonchev–Trinajstić information content (AvgIpc) is 3.19. The van der Waals surface area contributed by atoms with E-state index in [0.29, 0.717) is 5.82 Å². The minimum Gasteiger partial charge on any atom is -0.254 e. The Morgan fingerprint density at radius 3 is 2.52 bits per heavy atom. The first kappa shape index (κ1) is 17.5. The first-order valence-corrected chi connectivity index (χ1v) is 9.78. The number of nitrogens with zero attached hydrogens (tertiary/aromatic N) is 6. The predicted molar refractivity (Wildman–Crippen MR) is 107 cm³/mol. The Balaban J connectivity index is 1.51. The number of aryl methyl sites for hydroxylation is 1. The van der Waals surface area contributed by atoms with E-state index in [1.165, 1.54) is 32.1 Å². The Hall–Kier alpha value is -2.89. The lowest BCUT2D eigenvalue weighted by molar-refractivity contribution is 0.474. The molecule has 1 aromatic carbocycles. The van der Waals surface area contributed by atoms with Crippen LogP contribution in [0.1, 0.15) is 45.4 Å². The molecule has 0 aliphatic heterocycles. The summed E-state index contributed by atoms with van der Waals surface area (Å²) in [4.78, 5) is 11.0. The molecule has 0 saturated carbocycles. The quantitative estimate of drug-likeness (QED) is 0.333. The van der Waals surface area contributed by atoms with Crippen molar-refractivity contribution in [2.75, 3.05) is 0 Å². The molecule has 4 aromatic rings. The fourth-order valence-corrected chi connectivity index (χ4v) is 3.32. The molecule has 0 aliphatic carbocycles. The molecule has 6 heteroatoms. The third kappa shape index (κ3) is 3.94. The highest BCUT2D eigenvalue weighted by molar-refractivity contribution is 6.03. The number of hydrogen-bond donors (Lipinski definition) is 0. The maximum absolute atomic E-state index is 4.78. The van der Waals surface area contributed by atoms with E-state index in [0.717, 1.165) is 40.5 Å². The predicted octanol–water partition coefficient (Wildman–Crippen LogP) is 4.80. The van der Waals surface area contributed by atoms with Gasteiger partial charge in [-0.05, 0) is 23.8 Å². The number of pyridine rings is 2. The van der Waals surface area contributed by atoms with Gasteiger partial charge in [0.15, 0.2) is 0 Å². The molecule has 0 radical (unpaired) electrons. The van der Waals surface area contributed by atoms with Crippen molar-refractivity contribution >= 4 is 21.8 Å². The summed E-state index contributed by atoms with van der Waals surface area (Å²) in [5, 5.41) is 15.0. The molecule has 6 nitrogen and oxygen atoms in total. The molecule has 0 fully saturated rings. The van der Waals surface area contributed by atoms with Crippen molar-refractivity contribution in [3.8, 4) is 11.5 Å². The molecule has 0 bridgehead atoms. The summed E-state index contributed by atoms with van der Waals surface area (Å²) >= 11 is 0. The maximum atomic E-state index is 4.78. The zero-order valence-corrected chi connectivity index (χ0v) is 15.7. The molecule has 0 amide bonds. The second-order valence-electron chi connectivity index (χ2n) is 6.89. The van der Waals surface area contributed by atoms with Gasteiger partial charge in [0.2, 0.25) is 5.82 Å². The maximum Gasteiger partial charge on any atom is 0.223 e. The SMILES string of the molecule is CCCCCCCCn1nnc(-c2ccc3ccc4cccnc4c3n2)n1. The van der Waals surface area contributed by atoms with Crippen molar-refractivity contribution in [2.24, 2.45) is 0 Å². The molecular weight excluding hydrogens is 336 g/mol. The Morgan fingerprint density at radius 2 is 1.63 bits per heavy atom. The largest absolute Gasteiger partial charge is 0.254 e. The highest BCUT2D eigenvalue weighted by Crippen LogP contribution is 2.24. The number of tetrazole rings is 1. The van der Waals surface area contributed by atoms with Crippen LogP contribution < -0.4 is 0 Å². The van der Waals surface area contributed by atoms with E-state index in [2.05, 4.69) is 39.5 Å². The summed E-state index contributed by atoms with van der Waals surface area (Å²) in [7, 11) is 0. The van der Waals surface area contributed by atoms with Crippen molar-refractivity contribution in [3.05, 3.63) is 42.6 Å². The third-order valence-electron chi connectivity index (χ3n) is 4.83. The lowest BCUT2D eigenvalue weighted by Crippen LogP contribution is -2.02. The fraction of sp³-hybridized carbons (Fsp3) is 0.381. The Morgan fingerprint density at radius 1 is 0.852 bits per heavy atom. The minimum atomic E-state index is 0.566. The lowest BCUT2D eigenvalue weighted by atomic mass is 10.1. The van der Waals surface area contributed by atoms with Gasteiger partial charge >= 0.3 is 0 Å². The molecule has 4 rings (SSSR count). The summed E-state index contributed by atoms with van der Waals surface area (Å²) in [6.45, 7) is 3.04. The van der Waals surface area contributed by atoms with Gasteiger partial charge in [0, 0.05) is 17.0 Å². The number of hydrogen-bond acceptors (Lipinski definition) is 5. The van der Waals surface area contributed by atoms with Crippen molar-refractivity contribution in [1.82, 2.24) is 30.2 Å². The summed E-state index contributed by atoms with van der Waals surface area (Å²) in [6.07, 6.45) is 9.28. The van der Waals surface area contributed by atoms with Crippen LogP contribution in [0.15, 0.2) is 42.6 Å². The molecule has 138 valence electrons. The highest BCUT2D eigenvalue weighted by Gasteiger charge is 2.10. The van der Waals surface area contributed by atoms with Crippen molar-refractivity contribution in [1.29, 1.82) is 0 Å². The van der Waals surface area contributed by atoms with Gasteiger partial charge in [-0.1, -0.05) is 63.3 Å². The standard InChI is InChI=1S/C21H24N6/c1-2-3-4-5-6-7-15-27-25-21(24-26-27)18-13-12-17-11-10-16-9-8-14-22-19(16)20(17)23-18/h8-14H,2-7,15H2,1H3. The van der Waals surface area contributed by atoms with Crippen LogP contribution >= 0.6 is 0 Å². The van der Waals surface area contributed by atoms with Crippen LogP contribution in [0.4, 0.5) is 0 Å². The van der Waals surface area contributed by atoms with E-state index in [9.17, 15) is 0 Å². The number of fused-ring (bicyclic) bond motifs is 3. The van der Waals surface area contributed by atoms with E-state index >= 15 is 0 Å². The highest BCUT2D eigenvalue weighted by atomic mass is 15.6. The molecule has 0 atom stereocenters. The van der Waals surface area contributed by atoms with Crippen LogP contribution in [-0.2, 0) is 6.54 Å². The monoisotopic (exact) mass is 360 g/mol. The van der Waals surface area contributed by atoms with Crippen LogP contribution in [0.25, 0.3) is 33.3 Å². The van der Waals surface area contributed by atoms with E-state index in [1.54, 1.807) is 11.0 Å². The average molecular weight is 360 g/mol. The van der Waals surface area contributed by atoms with Gasteiger partial charge < -0.3 is 0 Å². The molecule has 0 spiro atoms. The van der Waals surface area contributed by atoms with Gasteiger partial charge in [-0.2, -0.15) is 4.80 Å². The van der Waals surface area contributed by atoms with Gasteiger partial charge in [0.05, 0.1) is 17.6 Å². The van der Waals surface area contributed by atoms with Crippen molar-refractivity contribution in [3.63, 3.8) is 0 Å². The van der Waals surface area contributed by atoms with Gasteiger partial charge in [-0.3, -0.25) is 4.98 Å². The van der Waals surface area contributed by atoms with E-state index in [4.69, 9.17) is 4.98 Å². The molecule has 0 N–H and O–H groups in total. The lowest BCUT2D eigenvalue weighted by Gasteiger charge is -2.03. The van der Waals surface area contributed by atoms with E-state index < -0.39 is 0 Å². The number of unbranched alkanes of at least 4 members (excludes halogenated alkanes) is 5. The molecule has 3 heterocycles. The zero-order valence-electron chi connectivity index (χ0n) is 15.7. The summed E-state index contributed by atoms with van der Waals surface area (Å²) < 4.78 is 0. The minimum absolute atomic E-state index is 0.566. The van der Waals surface area contributed by atoms with Crippen LogP contribution in [-0.4, -0.2) is 30.2 Å². The Labute approximate surface area is 158 Å². The first-order chi connectivity index (χ1) is 13.3. The number of benzene rings is 1. The summed E-state index contributed by atoms with van der Waals surface area (Å²) in [5.41, 5.74) is 2.50. The van der Waals surface area contributed by atoms with Gasteiger partial charge in [0.1, 0.15) is 5.69 Å². The van der Waals surface area contributed by atoms with Crippen molar-refractivity contribution in [2.45, 2.75) is 52.0 Å². The molecule has 0 unspecified atom stereocenters. The second kappa shape index (κ2) is 8.20. The first-order valence-electron chi connectivity index (χ1n) is 9.78. The van der Waals surface area contributed by atoms with Crippen LogP contribution in [0.3, 0.4) is 0 Å². The fourth-order valence-electron chi connectivity index (χ4n) is 3.32.